The minimum absolute atomic E-state index is 0.275. The van der Waals surface area contributed by atoms with Gasteiger partial charge in [0.05, 0.1) is 18.9 Å². The number of ether oxygens (including phenoxy) is 2. The van der Waals surface area contributed by atoms with Crippen LogP contribution in [-0.2, 0) is 20.1 Å². The monoisotopic (exact) mass is 331 g/mol. The Bertz CT molecular complexity index is 774. The number of amides is 1. The van der Waals surface area contributed by atoms with Gasteiger partial charge in [0.15, 0.2) is 0 Å². The second-order valence-electron chi connectivity index (χ2n) is 5.39. The van der Waals surface area contributed by atoms with Crippen molar-refractivity contribution in [1.29, 1.82) is 0 Å². The zero-order chi connectivity index (χ0) is 15.9. The first-order valence-corrected chi connectivity index (χ1v) is 8.16. The molecule has 4 nitrogen and oxygen atoms in total. The summed E-state index contributed by atoms with van der Waals surface area (Å²) < 4.78 is 24.7. The molecule has 23 heavy (non-hydrogen) atoms. The maximum atomic E-state index is 13.3. The number of benzene rings is 2. The van der Waals surface area contributed by atoms with Crippen molar-refractivity contribution in [2.45, 2.75) is 22.0 Å². The Morgan fingerprint density at radius 3 is 2.65 bits per heavy atom. The molecule has 0 aromatic heterocycles. The van der Waals surface area contributed by atoms with E-state index in [1.165, 1.54) is 23.9 Å². The summed E-state index contributed by atoms with van der Waals surface area (Å²) in [6.07, 6.45) is 0.766. The fraction of sp³-hybridized carbons (Fsp3) is 0.235. The molecule has 1 spiro atoms. The van der Waals surface area contributed by atoms with E-state index in [1.807, 2.05) is 24.3 Å². The Kier molecular flexibility index (Phi) is 3.60. The predicted octanol–water partition coefficient (Wildman–Crippen LogP) is 3.52. The van der Waals surface area contributed by atoms with Crippen molar-refractivity contribution in [3.05, 3.63) is 53.8 Å². The number of carbonyl (C=O) groups excluding carboxylic acids is 1. The third kappa shape index (κ3) is 2.52. The van der Waals surface area contributed by atoms with Gasteiger partial charge < -0.3 is 14.8 Å². The number of carbonyl (C=O) groups is 1. The van der Waals surface area contributed by atoms with Crippen molar-refractivity contribution in [3.8, 4) is 0 Å². The van der Waals surface area contributed by atoms with Crippen LogP contribution in [0.15, 0.2) is 52.3 Å². The summed E-state index contributed by atoms with van der Waals surface area (Å²) in [4.78, 5) is 14.0. The zero-order valence-electron chi connectivity index (χ0n) is 12.2. The number of hydrogen-bond donors (Lipinski definition) is 1. The van der Waals surface area contributed by atoms with Gasteiger partial charge in [-0.3, -0.25) is 4.79 Å². The van der Waals surface area contributed by atoms with Crippen LogP contribution in [0.1, 0.15) is 12.0 Å². The van der Waals surface area contributed by atoms with Gasteiger partial charge in [-0.15, -0.1) is 0 Å². The summed E-state index contributed by atoms with van der Waals surface area (Å²) in [5, 5.41) is 2.80. The van der Waals surface area contributed by atoms with Gasteiger partial charge in [-0.25, -0.2) is 4.39 Å². The second-order valence-corrected chi connectivity index (χ2v) is 6.53. The van der Waals surface area contributed by atoms with E-state index in [4.69, 9.17) is 9.47 Å². The number of halogens is 1. The first kappa shape index (κ1) is 14.7. The molecule has 0 atom stereocenters. The van der Waals surface area contributed by atoms with Crippen LogP contribution in [0.25, 0.3) is 0 Å². The smallest absolute Gasteiger partial charge is 0.289 e. The molecule has 118 valence electrons. The Labute approximate surface area is 137 Å². The number of nitrogens with one attached hydrogen (secondary N) is 1. The minimum atomic E-state index is -1.34. The van der Waals surface area contributed by atoms with Gasteiger partial charge in [-0.2, -0.15) is 0 Å². The van der Waals surface area contributed by atoms with Crippen LogP contribution in [0.2, 0.25) is 0 Å². The molecule has 0 radical (unpaired) electrons. The second kappa shape index (κ2) is 5.63. The van der Waals surface area contributed by atoms with E-state index in [2.05, 4.69) is 5.32 Å². The van der Waals surface area contributed by atoms with Crippen LogP contribution in [-0.4, -0.2) is 19.1 Å². The molecule has 0 saturated carbocycles. The number of rotatable bonds is 2. The number of hydrogen-bond acceptors (Lipinski definition) is 4. The molecule has 2 aromatic rings. The molecular formula is C17H14FNO3S. The van der Waals surface area contributed by atoms with Crippen LogP contribution in [0.4, 0.5) is 10.1 Å². The lowest BCUT2D eigenvalue weighted by atomic mass is 10.1. The van der Waals surface area contributed by atoms with Crippen LogP contribution in [0.5, 0.6) is 0 Å². The molecule has 4 rings (SSSR count). The van der Waals surface area contributed by atoms with E-state index in [1.54, 1.807) is 6.07 Å². The fourth-order valence-electron chi connectivity index (χ4n) is 2.78. The highest BCUT2D eigenvalue weighted by Gasteiger charge is 2.51. The van der Waals surface area contributed by atoms with E-state index in [0.29, 0.717) is 24.5 Å². The Hall–Kier alpha value is -1.89. The topological polar surface area (TPSA) is 47.6 Å². The average Bonchev–Trinajstić information content (AvgIpc) is 2.81. The molecule has 2 aliphatic heterocycles. The molecule has 1 amide bonds. The van der Waals surface area contributed by atoms with Crippen LogP contribution in [0.3, 0.4) is 0 Å². The van der Waals surface area contributed by atoms with Crippen LogP contribution >= 0.6 is 11.8 Å². The third-order valence-electron chi connectivity index (χ3n) is 3.82. The largest absolute Gasteiger partial charge is 0.338 e. The lowest BCUT2D eigenvalue weighted by Crippen LogP contribution is -2.43. The highest BCUT2D eigenvalue weighted by Crippen LogP contribution is 2.44. The summed E-state index contributed by atoms with van der Waals surface area (Å²) >= 11 is 1.43. The van der Waals surface area contributed by atoms with Crippen molar-refractivity contribution >= 4 is 23.4 Å². The van der Waals surface area contributed by atoms with Gasteiger partial charge >= 0.3 is 0 Å². The van der Waals surface area contributed by atoms with Gasteiger partial charge in [0.1, 0.15) is 5.82 Å². The quantitative estimate of drug-likeness (QED) is 0.915. The molecule has 1 N–H and O–H groups in total. The lowest BCUT2D eigenvalue weighted by molar-refractivity contribution is -0.255. The van der Waals surface area contributed by atoms with E-state index in [0.717, 1.165) is 16.2 Å². The molecule has 0 aliphatic carbocycles. The van der Waals surface area contributed by atoms with E-state index in [9.17, 15) is 9.18 Å². The summed E-state index contributed by atoms with van der Waals surface area (Å²) in [5.74, 6) is -1.91. The Morgan fingerprint density at radius 2 is 1.87 bits per heavy atom. The first-order chi connectivity index (χ1) is 11.2. The van der Waals surface area contributed by atoms with Crippen molar-refractivity contribution in [2.24, 2.45) is 0 Å². The SMILES string of the molecule is O=C1Nc2ccc(Sc3cccc(F)c3)cc2C12OCCCO2. The molecule has 2 heterocycles. The highest BCUT2D eigenvalue weighted by atomic mass is 32.2. The van der Waals surface area contributed by atoms with E-state index >= 15 is 0 Å². The highest BCUT2D eigenvalue weighted by molar-refractivity contribution is 7.99. The average molecular weight is 331 g/mol. The van der Waals surface area contributed by atoms with Gasteiger partial charge in [0.25, 0.3) is 11.7 Å². The van der Waals surface area contributed by atoms with Crippen molar-refractivity contribution < 1.29 is 18.7 Å². The van der Waals surface area contributed by atoms with Crippen molar-refractivity contribution in [1.82, 2.24) is 0 Å². The van der Waals surface area contributed by atoms with Gasteiger partial charge in [0.2, 0.25) is 0 Å². The standard InChI is InChI=1S/C17H14FNO3S/c18-11-3-1-4-12(9-11)23-13-5-6-15-14(10-13)17(16(20)19-15)21-7-2-8-22-17/h1,3-6,9-10H,2,7-8H2,(H,19,20). The minimum Gasteiger partial charge on any atom is -0.338 e. The van der Waals surface area contributed by atoms with Crippen molar-refractivity contribution in [3.63, 3.8) is 0 Å². The number of fused-ring (bicyclic) bond motifs is 2. The Balaban J connectivity index is 1.69. The molecule has 6 heteroatoms. The summed E-state index contributed by atoms with van der Waals surface area (Å²) in [5.41, 5.74) is 1.38. The fourth-order valence-corrected chi connectivity index (χ4v) is 3.68. The summed E-state index contributed by atoms with van der Waals surface area (Å²) in [7, 11) is 0. The summed E-state index contributed by atoms with van der Waals surface area (Å²) in [6, 6.07) is 12.0. The van der Waals surface area contributed by atoms with Crippen molar-refractivity contribution in [2.75, 3.05) is 18.5 Å². The van der Waals surface area contributed by atoms with Gasteiger partial charge in [-0.05, 0) is 42.8 Å². The number of anilines is 1. The Morgan fingerprint density at radius 1 is 1.09 bits per heavy atom. The maximum Gasteiger partial charge on any atom is 0.289 e. The van der Waals surface area contributed by atoms with Crippen LogP contribution in [0, 0.1) is 5.82 Å². The first-order valence-electron chi connectivity index (χ1n) is 7.35. The molecule has 2 aliphatic rings. The summed E-state index contributed by atoms with van der Waals surface area (Å²) in [6.45, 7) is 0.961. The van der Waals surface area contributed by atoms with Gasteiger partial charge in [-0.1, -0.05) is 17.8 Å². The van der Waals surface area contributed by atoms with Crippen LogP contribution < -0.4 is 5.32 Å². The maximum absolute atomic E-state index is 13.3. The zero-order valence-corrected chi connectivity index (χ0v) is 13.0. The van der Waals surface area contributed by atoms with E-state index in [-0.39, 0.29) is 11.7 Å². The molecule has 0 bridgehead atoms. The molecule has 0 unspecified atom stereocenters. The van der Waals surface area contributed by atoms with E-state index < -0.39 is 5.79 Å². The molecule has 1 saturated heterocycles. The molecule has 2 aromatic carbocycles. The molecule has 1 fully saturated rings. The van der Waals surface area contributed by atoms with Gasteiger partial charge in [0, 0.05) is 15.4 Å². The molecular weight excluding hydrogens is 317 g/mol. The normalized spacial score (nSPS) is 18.7. The predicted molar refractivity (Wildman–Crippen MR) is 83.8 cm³/mol. The lowest BCUT2D eigenvalue weighted by Gasteiger charge is -2.31. The third-order valence-corrected chi connectivity index (χ3v) is 4.80.